The Bertz CT molecular complexity index is 537. The van der Waals surface area contributed by atoms with Gasteiger partial charge in [-0.3, -0.25) is 0 Å². The number of pyridine rings is 1. The molecule has 0 atom stereocenters. The second-order valence-corrected chi connectivity index (χ2v) is 4.80. The lowest BCUT2D eigenvalue weighted by Gasteiger charge is -2.11. The highest BCUT2D eigenvalue weighted by molar-refractivity contribution is 5.86. The molecule has 96 valence electrons. The van der Waals surface area contributed by atoms with Crippen LogP contribution in [-0.4, -0.2) is 23.1 Å². The molecule has 2 N–H and O–H groups in total. The zero-order valence-corrected chi connectivity index (χ0v) is 11.3. The van der Waals surface area contributed by atoms with Crippen molar-refractivity contribution < 1.29 is 0 Å². The Morgan fingerprint density at radius 3 is 3.06 bits per heavy atom. The van der Waals surface area contributed by atoms with Crippen LogP contribution >= 0.6 is 0 Å². The molecule has 0 saturated heterocycles. The molecule has 0 radical (unpaired) electrons. The Morgan fingerprint density at radius 2 is 2.33 bits per heavy atom. The summed E-state index contributed by atoms with van der Waals surface area (Å²) in [5.74, 6) is 0.547. The van der Waals surface area contributed by atoms with Gasteiger partial charge in [-0.15, -0.1) is 0 Å². The fraction of sp³-hybridized carbons (Fsp3) is 0.400. The maximum atomic E-state index is 4.32. The molecule has 3 heteroatoms. The van der Waals surface area contributed by atoms with Crippen molar-refractivity contribution in [3.05, 3.63) is 35.7 Å². The van der Waals surface area contributed by atoms with Gasteiger partial charge in [-0.1, -0.05) is 32.4 Å². The van der Waals surface area contributed by atoms with Crippen molar-refractivity contribution >= 4 is 17.1 Å². The molecule has 2 aromatic heterocycles. The number of aromatic nitrogens is 2. The van der Waals surface area contributed by atoms with Crippen LogP contribution in [0.15, 0.2) is 30.1 Å². The van der Waals surface area contributed by atoms with Crippen LogP contribution in [0.25, 0.3) is 17.1 Å². The van der Waals surface area contributed by atoms with Crippen molar-refractivity contribution in [2.24, 2.45) is 5.92 Å². The first kappa shape index (κ1) is 12.8. The first-order valence-corrected chi connectivity index (χ1v) is 6.55. The lowest BCUT2D eigenvalue weighted by Crippen LogP contribution is -2.18. The van der Waals surface area contributed by atoms with Crippen molar-refractivity contribution in [3.8, 4) is 0 Å². The van der Waals surface area contributed by atoms with Crippen molar-refractivity contribution in [1.29, 1.82) is 0 Å². The number of hydrogen-bond donors (Lipinski definition) is 2. The molecule has 2 rings (SSSR count). The Hall–Kier alpha value is -1.61. The van der Waals surface area contributed by atoms with Gasteiger partial charge in [0.15, 0.2) is 0 Å². The van der Waals surface area contributed by atoms with Gasteiger partial charge in [0.05, 0.1) is 0 Å². The molecule has 3 nitrogen and oxygen atoms in total. The van der Waals surface area contributed by atoms with Gasteiger partial charge in [0.1, 0.15) is 5.65 Å². The summed E-state index contributed by atoms with van der Waals surface area (Å²) in [6, 6.07) is 4.09. The van der Waals surface area contributed by atoms with E-state index in [4.69, 9.17) is 0 Å². The van der Waals surface area contributed by atoms with Gasteiger partial charge in [-0.2, -0.15) is 0 Å². The molecule has 2 heterocycles. The third-order valence-corrected chi connectivity index (χ3v) is 3.14. The lowest BCUT2D eigenvalue weighted by atomic mass is 10.0. The predicted molar refractivity (Wildman–Crippen MR) is 77.5 cm³/mol. The number of likely N-dealkylation sites (N-methyl/N-ethyl adjacent to an activating group) is 1. The number of H-pyrrole nitrogens is 1. The molecular formula is C15H21N3. The Balaban J connectivity index is 2.34. The minimum absolute atomic E-state index is 0.547. The third-order valence-electron chi connectivity index (χ3n) is 3.14. The van der Waals surface area contributed by atoms with Crippen LogP contribution in [0.3, 0.4) is 0 Å². The average Bonchev–Trinajstić information content (AvgIpc) is 2.77. The maximum absolute atomic E-state index is 4.32. The molecular weight excluding hydrogens is 222 g/mol. The monoisotopic (exact) mass is 243 g/mol. The highest BCUT2D eigenvalue weighted by Gasteiger charge is 2.06. The summed E-state index contributed by atoms with van der Waals surface area (Å²) in [5.41, 5.74) is 3.59. The summed E-state index contributed by atoms with van der Waals surface area (Å²) in [4.78, 5) is 7.53. The third kappa shape index (κ3) is 2.79. The first-order chi connectivity index (χ1) is 8.72. The van der Waals surface area contributed by atoms with E-state index in [9.17, 15) is 0 Å². The van der Waals surface area contributed by atoms with E-state index >= 15 is 0 Å². The Labute approximate surface area is 108 Å². The van der Waals surface area contributed by atoms with E-state index in [2.05, 4.69) is 48.2 Å². The fourth-order valence-corrected chi connectivity index (χ4v) is 1.99. The summed E-state index contributed by atoms with van der Waals surface area (Å²) >= 11 is 0. The maximum Gasteiger partial charge on any atom is 0.137 e. The zero-order chi connectivity index (χ0) is 13.0. The van der Waals surface area contributed by atoms with Crippen molar-refractivity contribution in [3.63, 3.8) is 0 Å². The number of nitrogens with one attached hydrogen (secondary N) is 2. The molecule has 0 amide bonds. The van der Waals surface area contributed by atoms with Gasteiger partial charge >= 0.3 is 0 Å². The standard InChI is InChI=1S/C15H21N3/c1-4-16-9-12(11(2)3)8-13-10-18-15-14(13)6-5-7-17-15/h5-8,10-11,16H,4,9H2,1-3H3,(H,17,18). The van der Waals surface area contributed by atoms with Crippen LogP contribution in [0.4, 0.5) is 0 Å². The van der Waals surface area contributed by atoms with E-state index in [-0.39, 0.29) is 0 Å². The van der Waals surface area contributed by atoms with Crippen molar-refractivity contribution in [2.75, 3.05) is 13.1 Å². The molecule has 18 heavy (non-hydrogen) atoms. The first-order valence-electron chi connectivity index (χ1n) is 6.55. The highest BCUT2D eigenvalue weighted by atomic mass is 14.8. The largest absolute Gasteiger partial charge is 0.346 e. The Morgan fingerprint density at radius 1 is 1.50 bits per heavy atom. The molecule has 0 aliphatic carbocycles. The zero-order valence-electron chi connectivity index (χ0n) is 11.3. The van der Waals surface area contributed by atoms with Crippen LogP contribution in [0.2, 0.25) is 0 Å². The second kappa shape index (κ2) is 5.83. The van der Waals surface area contributed by atoms with Crippen LogP contribution in [0.1, 0.15) is 26.3 Å². The highest BCUT2D eigenvalue weighted by Crippen LogP contribution is 2.21. The molecule has 0 unspecified atom stereocenters. The molecule has 0 bridgehead atoms. The van der Waals surface area contributed by atoms with Crippen LogP contribution in [0, 0.1) is 5.92 Å². The van der Waals surface area contributed by atoms with Gasteiger partial charge in [0.25, 0.3) is 0 Å². The predicted octanol–water partition coefficient (Wildman–Crippen LogP) is 3.21. The molecule has 0 saturated carbocycles. The molecule has 0 aromatic carbocycles. The molecule has 0 spiro atoms. The smallest absolute Gasteiger partial charge is 0.137 e. The number of nitrogens with zero attached hydrogens (tertiary/aromatic N) is 1. The fourth-order valence-electron chi connectivity index (χ4n) is 1.99. The summed E-state index contributed by atoms with van der Waals surface area (Å²) in [7, 11) is 0. The average molecular weight is 243 g/mol. The Kier molecular flexibility index (Phi) is 4.15. The molecule has 0 aliphatic heterocycles. The van der Waals surface area contributed by atoms with E-state index < -0.39 is 0 Å². The van der Waals surface area contributed by atoms with E-state index in [1.54, 1.807) is 0 Å². The summed E-state index contributed by atoms with van der Waals surface area (Å²) < 4.78 is 0. The van der Waals surface area contributed by atoms with E-state index in [1.165, 1.54) is 16.5 Å². The molecule has 2 aromatic rings. The van der Waals surface area contributed by atoms with Crippen molar-refractivity contribution in [1.82, 2.24) is 15.3 Å². The van der Waals surface area contributed by atoms with Gasteiger partial charge in [-0.25, -0.2) is 4.98 Å². The van der Waals surface area contributed by atoms with Crippen LogP contribution in [-0.2, 0) is 0 Å². The normalized spacial score (nSPS) is 12.6. The van der Waals surface area contributed by atoms with Crippen molar-refractivity contribution in [2.45, 2.75) is 20.8 Å². The van der Waals surface area contributed by atoms with Gasteiger partial charge in [-0.05, 0) is 24.6 Å². The minimum Gasteiger partial charge on any atom is -0.346 e. The summed E-state index contributed by atoms with van der Waals surface area (Å²) in [6.45, 7) is 8.54. The SMILES string of the molecule is CCNCC(=Cc1c[nH]c2ncccc12)C(C)C. The number of hydrogen-bond acceptors (Lipinski definition) is 2. The van der Waals surface area contributed by atoms with Crippen LogP contribution < -0.4 is 5.32 Å². The molecule has 0 fully saturated rings. The number of aromatic amines is 1. The molecule has 0 aliphatic rings. The summed E-state index contributed by atoms with van der Waals surface area (Å²) in [6.07, 6.45) is 6.12. The van der Waals surface area contributed by atoms with E-state index in [0.717, 1.165) is 18.7 Å². The minimum atomic E-state index is 0.547. The van der Waals surface area contributed by atoms with Crippen LogP contribution in [0.5, 0.6) is 0 Å². The van der Waals surface area contributed by atoms with E-state index in [1.807, 2.05) is 18.5 Å². The van der Waals surface area contributed by atoms with Gasteiger partial charge in [0.2, 0.25) is 0 Å². The topological polar surface area (TPSA) is 40.7 Å². The number of fused-ring (bicyclic) bond motifs is 1. The summed E-state index contributed by atoms with van der Waals surface area (Å²) in [5, 5.41) is 4.58. The lowest BCUT2D eigenvalue weighted by molar-refractivity contribution is 0.682. The van der Waals surface area contributed by atoms with E-state index in [0.29, 0.717) is 5.92 Å². The number of rotatable bonds is 5. The van der Waals surface area contributed by atoms with Gasteiger partial charge < -0.3 is 10.3 Å². The quantitative estimate of drug-likeness (QED) is 0.846. The second-order valence-electron chi connectivity index (χ2n) is 4.80. The van der Waals surface area contributed by atoms with Gasteiger partial charge in [0, 0.05) is 29.9 Å².